The highest BCUT2D eigenvalue weighted by Crippen LogP contribution is 2.22. The van der Waals surface area contributed by atoms with Crippen LogP contribution >= 0.6 is 53.2 Å². The maximum Gasteiger partial charge on any atom is 0.0718 e. The quantitative estimate of drug-likeness (QED) is 0.415. The average Bonchev–Trinajstić information content (AvgIpc) is 1.38. The molecule has 0 bridgehead atoms. The third-order valence-electron chi connectivity index (χ3n) is 0.0522. The summed E-state index contributed by atoms with van der Waals surface area (Å²) in [5.74, 6) is 0. The Morgan fingerprint density at radius 3 is 2.00 bits per heavy atom. The van der Waals surface area contributed by atoms with Crippen molar-refractivity contribution in [1.82, 2.24) is 2.74 Å². The largest absolute Gasteiger partial charge is 0.111 e. The van der Waals surface area contributed by atoms with Crippen molar-refractivity contribution in [2.75, 3.05) is 0 Å². The molecule has 0 rings (SSSR count). The zero-order chi connectivity index (χ0) is 4.28. The molecule has 0 atom stereocenters. The molecule has 0 saturated carbocycles. The lowest BCUT2D eigenvalue weighted by Crippen LogP contribution is -1.69. The lowest BCUT2D eigenvalue weighted by molar-refractivity contribution is 0.334. The Kier molecular flexibility index (Phi) is 5.19. The highest BCUT2D eigenvalue weighted by Gasteiger charge is 1.85. The molecule has 0 spiro atoms. The number of nitrogens with zero attached hydrogens (tertiary/aromatic N) is 1. The molecular formula is FI2NS. The van der Waals surface area contributed by atoms with Crippen molar-refractivity contribution in [3.05, 3.63) is 0 Å². The summed E-state index contributed by atoms with van der Waals surface area (Å²) in [7, 11) is 1.00. The van der Waals surface area contributed by atoms with Gasteiger partial charge in [-0.2, -0.15) is 0 Å². The fourth-order valence-corrected chi connectivity index (χ4v) is 0. The Bertz CT molecular complexity index is 23.6. The smallest absolute Gasteiger partial charge is 0.0718 e. The second kappa shape index (κ2) is 3.88. The van der Waals surface area contributed by atoms with Gasteiger partial charge in [-0.15, -0.1) is 4.48 Å². The monoisotopic (exact) mass is 319 g/mol. The lowest BCUT2D eigenvalue weighted by Gasteiger charge is -1.85. The van der Waals surface area contributed by atoms with E-state index < -0.39 is 0 Å². The highest BCUT2D eigenvalue weighted by molar-refractivity contribution is 14.2. The number of rotatable bonds is 1. The Morgan fingerprint density at radius 1 is 1.80 bits per heavy atom. The summed E-state index contributed by atoms with van der Waals surface area (Å²) >= 11 is 3.37. The topological polar surface area (TPSA) is 3.24 Å². The molecular weight excluding hydrogens is 319 g/mol. The maximum absolute atomic E-state index is 11.2. The van der Waals surface area contributed by atoms with Gasteiger partial charge >= 0.3 is 0 Å². The Labute approximate surface area is 59.8 Å². The molecule has 0 aliphatic carbocycles. The average molecular weight is 319 g/mol. The fourth-order valence-electron chi connectivity index (χ4n) is 0. The summed E-state index contributed by atoms with van der Waals surface area (Å²) in [4.78, 5) is 0. The summed E-state index contributed by atoms with van der Waals surface area (Å²) in [6.07, 6.45) is 0. The molecule has 0 heterocycles. The van der Waals surface area contributed by atoms with Crippen LogP contribution in [0.15, 0.2) is 0 Å². The first-order valence-electron chi connectivity index (χ1n) is 0.675. The SMILES string of the molecule is FN(I)SI. The Morgan fingerprint density at radius 2 is 2.00 bits per heavy atom. The third kappa shape index (κ3) is 5.70. The van der Waals surface area contributed by atoms with E-state index in [2.05, 4.69) is 0 Å². The van der Waals surface area contributed by atoms with Crippen LogP contribution in [0.25, 0.3) is 0 Å². The number of hydrogen-bond donors (Lipinski definition) is 0. The van der Waals surface area contributed by atoms with Crippen molar-refractivity contribution >= 4 is 53.2 Å². The van der Waals surface area contributed by atoms with Crippen molar-refractivity contribution < 1.29 is 4.48 Å². The Hall–Kier alpha value is 1.70. The van der Waals surface area contributed by atoms with E-state index in [4.69, 9.17) is 0 Å². The molecule has 0 aromatic heterocycles. The summed E-state index contributed by atoms with van der Waals surface area (Å²) in [6, 6.07) is 0. The molecule has 0 fully saturated rings. The molecule has 0 aromatic carbocycles. The molecule has 32 valence electrons. The van der Waals surface area contributed by atoms with Gasteiger partial charge in [0.2, 0.25) is 0 Å². The van der Waals surface area contributed by atoms with E-state index >= 15 is 0 Å². The van der Waals surface area contributed by atoms with Gasteiger partial charge < -0.3 is 0 Å². The first-order valence-corrected chi connectivity index (χ1v) is 4.96. The van der Waals surface area contributed by atoms with Gasteiger partial charge in [-0.1, -0.05) is 0 Å². The van der Waals surface area contributed by atoms with Crippen molar-refractivity contribution in [1.29, 1.82) is 0 Å². The van der Waals surface area contributed by atoms with Gasteiger partial charge in [-0.3, -0.25) is 0 Å². The first kappa shape index (κ1) is 6.70. The second-order valence-electron chi connectivity index (χ2n) is 0.271. The van der Waals surface area contributed by atoms with Crippen LogP contribution in [-0.2, 0) is 0 Å². The molecule has 5 heavy (non-hydrogen) atoms. The normalized spacial score (nSPS) is 9.60. The van der Waals surface area contributed by atoms with Crippen LogP contribution in [0.2, 0.25) is 0 Å². The van der Waals surface area contributed by atoms with Gasteiger partial charge in [0.15, 0.2) is 0 Å². The number of hydrogen-bond acceptors (Lipinski definition) is 2. The molecule has 0 radical (unpaired) electrons. The van der Waals surface area contributed by atoms with E-state index in [1.54, 1.807) is 0 Å². The number of halogens is 3. The molecule has 5 heteroatoms. The van der Waals surface area contributed by atoms with Crippen LogP contribution < -0.4 is 0 Å². The lowest BCUT2D eigenvalue weighted by atomic mass is 13.8. The van der Waals surface area contributed by atoms with E-state index in [1.165, 1.54) is 22.9 Å². The Balaban J connectivity index is 2.54. The van der Waals surface area contributed by atoms with Crippen LogP contribution in [0.4, 0.5) is 4.48 Å². The van der Waals surface area contributed by atoms with Crippen LogP contribution in [0, 0.1) is 0 Å². The van der Waals surface area contributed by atoms with E-state index in [9.17, 15) is 4.48 Å². The van der Waals surface area contributed by atoms with E-state index in [1.807, 2.05) is 21.2 Å². The van der Waals surface area contributed by atoms with Gasteiger partial charge in [0, 0.05) is 30.3 Å². The van der Waals surface area contributed by atoms with Crippen LogP contribution in [-0.4, -0.2) is 2.74 Å². The predicted octanol–water partition coefficient (Wildman–Crippen LogP) is 2.52. The van der Waals surface area contributed by atoms with Crippen molar-refractivity contribution in [3.63, 3.8) is 0 Å². The molecule has 0 amide bonds. The van der Waals surface area contributed by atoms with Gasteiger partial charge in [0.25, 0.3) is 0 Å². The molecule has 1 nitrogen and oxygen atoms in total. The first-order chi connectivity index (χ1) is 2.27. The van der Waals surface area contributed by atoms with Crippen LogP contribution in [0.5, 0.6) is 0 Å². The zero-order valence-electron chi connectivity index (χ0n) is 1.99. The molecule has 0 N–H and O–H groups in total. The predicted molar refractivity (Wildman–Crippen MR) is 38.6 cm³/mol. The third-order valence-corrected chi connectivity index (χ3v) is 4.05. The standard InChI is InChI=1S/FI2NS/c1-4(2)5-3. The van der Waals surface area contributed by atoms with E-state index in [0.717, 1.165) is 9.12 Å². The minimum Gasteiger partial charge on any atom is -0.111 e. The summed E-state index contributed by atoms with van der Waals surface area (Å²) < 4.78 is 11.7. The molecule has 0 aromatic rings. The van der Waals surface area contributed by atoms with Crippen LogP contribution in [0.1, 0.15) is 0 Å². The van der Waals surface area contributed by atoms with E-state index in [-0.39, 0.29) is 0 Å². The van der Waals surface area contributed by atoms with Crippen molar-refractivity contribution in [2.24, 2.45) is 0 Å². The zero-order valence-corrected chi connectivity index (χ0v) is 7.12. The molecule has 0 saturated heterocycles. The van der Waals surface area contributed by atoms with Crippen molar-refractivity contribution in [3.8, 4) is 0 Å². The summed E-state index contributed by atoms with van der Waals surface area (Å²) in [5, 5.41) is 0. The maximum atomic E-state index is 11.2. The summed E-state index contributed by atoms with van der Waals surface area (Å²) in [6.45, 7) is 0. The second-order valence-corrected chi connectivity index (χ2v) is 3.41. The van der Waals surface area contributed by atoms with Gasteiger partial charge in [0.1, 0.15) is 0 Å². The van der Waals surface area contributed by atoms with E-state index in [0.29, 0.717) is 2.74 Å². The highest BCUT2D eigenvalue weighted by atomic mass is 127. The minimum absolute atomic E-state index is 0.498. The fraction of sp³-hybridized carbons (Fsp3) is 0. The molecule has 0 aliphatic heterocycles. The molecule has 0 aliphatic rings. The van der Waals surface area contributed by atoms with Gasteiger partial charge in [-0.05, 0) is 2.74 Å². The van der Waals surface area contributed by atoms with Crippen molar-refractivity contribution in [2.45, 2.75) is 0 Å². The summed E-state index contributed by atoms with van der Waals surface area (Å²) in [5.41, 5.74) is 0. The van der Waals surface area contributed by atoms with Gasteiger partial charge in [0.05, 0.1) is 22.9 Å². The van der Waals surface area contributed by atoms with Gasteiger partial charge in [-0.25, -0.2) is 0 Å². The molecule has 0 unspecified atom stereocenters. The minimum atomic E-state index is 0.498. The van der Waals surface area contributed by atoms with Crippen LogP contribution in [0.3, 0.4) is 0 Å².